The molecule has 24 heavy (non-hydrogen) atoms. The van der Waals surface area contributed by atoms with E-state index in [1.54, 1.807) is 0 Å². The number of carbonyl (C=O) groups is 1. The Morgan fingerprint density at radius 1 is 1.25 bits per heavy atom. The molecule has 0 N–H and O–H groups in total. The fourth-order valence-corrected chi connectivity index (χ4v) is 3.68. The second-order valence-corrected chi connectivity index (χ2v) is 7.52. The van der Waals surface area contributed by atoms with Crippen LogP contribution in [-0.2, 0) is 0 Å². The van der Waals surface area contributed by atoms with Crippen LogP contribution in [0.25, 0.3) is 10.9 Å². The van der Waals surface area contributed by atoms with Crippen LogP contribution in [0.1, 0.15) is 16.1 Å². The second-order valence-electron chi connectivity index (χ2n) is 6.10. The van der Waals surface area contributed by atoms with E-state index in [4.69, 9.17) is 11.6 Å². The molecule has 1 aliphatic rings. The van der Waals surface area contributed by atoms with E-state index in [1.165, 1.54) is 0 Å². The SMILES string of the molecule is CSCCN1CCN(C(=O)c2cc(C)nc3cc(Cl)ccc23)CC1. The van der Waals surface area contributed by atoms with E-state index in [2.05, 4.69) is 16.1 Å². The molecule has 1 fully saturated rings. The molecule has 4 nitrogen and oxygen atoms in total. The summed E-state index contributed by atoms with van der Waals surface area (Å²) in [7, 11) is 0. The average Bonchev–Trinajstić information content (AvgIpc) is 2.58. The van der Waals surface area contributed by atoms with Gasteiger partial charge in [0, 0.05) is 54.6 Å². The largest absolute Gasteiger partial charge is 0.336 e. The number of carbonyl (C=O) groups excluding carboxylic acids is 1. The summed E-state index contributed by atoms with van der Waals surface area (Å²) in [6.45, 7) is 6.46. The highest BCUT2D eigenvalue weighted by Gasteiger charge is 2.23. The molecular weight excluding hydrogens is 342 g/mol. The minimum atomic E-state index is 0.0948. The van der Waals surface area contributed by atoms with Gasteiger partial charge in [0.2, 0.25) is 0 Å². The zero-order chi connectivity index (χ0) is 17.1. The summed E-state index contributed by atoms with van der Waals surface area (Å²) in [5.41, 5.74) is 2.35. The third-order valence-corrected chi connectivity index (χ3v) is 5.23. The molecule has 1 aliphatic heterocycles. The lowest BCUT2D eigenvalue weighted by atomic mass is 10.1. The van der Waals surface area contributed by atoms with Crippen LogP contribution in [0.3, 0.4) is 0 Å². The zero-order valence-corrected chi connectivity index (χ0v) is 15.7. The van der Waals surface area contributed by atoms with Gasteiger partial charge in [0.05, 0.1) is 11.1 Å². The topological polar surface area (TPSA) is 36.4 Å². The number of hydrogen-bond donors (Lipinski definition) is 0. The van der Waals surface area contributed by atoms with Crippen LogP contribution in [-0.4, -0.2) is 65.4 Å². The molecule has 1 amide bonds. The first-order chi connectivity index (χ1) is 11.6. The van der Waals surface area contributed by atoms with E-state index in [0.717, 1.165) is 60.6 Å². The van der Waals surface area contributed by atoms with Crippen molar-refractivity contribution in [3.8, 4) is 0 Å². The Hall–Kier alpha value is -1.30. The molecule has 0 saturated carbocycles. The molecule has 0 unspecified atom stereocenters. The molecule has 0 atom stereocenters. The van der Waals surface area contributed by atoms with Crippen LogP contribution < -0.4 is 0 Å². The van der Waals surface area contributed by atoms with Gasteiger partial charge >= 0.3 is 0 Å². The first-order valence-electron chi connectivity index (χ1n) is 8.16. The number of benzene rings is 1. The van der Waals surface area contributed by atoms with Gasteiger partial charge in [0.25, 0.3) is 5.91 Å². The molecule has 2 aromatic rings. The van der Waals surface area contributed by atoms with Gasteiger partial charge in [-0.3, -0.25) is 14.7 Å². The Morgan fingerprint density at radius 3 is 2.71 bits per heavy atom. The van der Waals surface area contributed by atoms with Crippen LogP contribution in [0.2, 0.25) is 5.02 Å². The lowest BCUT2D eigenvalue weighted by molar-refractivity contribution is 0.0646. The Labute approximate surface area is 152 Å². The number of piperazine rings is 1. The first kappa shape index (κ1) is 17.5. The fourth-order valence-electron chi connectivity index (χ4n) is 3.08. The quantitative estimate of drug-likeness (QED) is 0.835. The lowest BCUT2D eigenvalue weighted by Gasteiger charge is -2.34. The highest BCUT2D eigenvalue weighted by molar-refractivity contribution is 7.98. The molecule has 1 aromatic heterocycles. The molecule has 3 rings (SSSR count). The summed E-state index contributed by atoms with van der Waals surface area (Å²) in [4.78, 5) is 21.9. The summed E-state index contributed by atoms with van der Waals surface area (Å²) >= 11 is 7.93. The maximum absolute atomic E-state index is 13.0. The van der Waals surface area contributed by atoms with Gasteiger partial charge in [-0.15, -0.1) is 0 Å². The summed E-state index contributed by atoms with van der Waals surface area (Å²) in [6, 6.07) is 7.42. The van der Waals surface area contributed by atoms with Gasteiger partial charge in [-0.2, -0.15) is 11.8 Å². The minimum Gasteiger partial charge on any atom is -0.336 e. The van der Waals surface area contributed by atoms with Gasteiger partial charge < -0.3 is 4.90 Å². The number of thioether (sulfide) groups is 1. The summed E-state index contributed by atoms with van der Waals surface area (Å²) in [6.07, 6.45) is 2.13. The number of halogens is 1. The number of nitrogens with zero attached hydrogens (tertiary/aromatic N) is 3. The van der Waals surface area contributed by atoms with E-state index in [9.17, 15) is 4.79 Å². The molecule has 128 valence electrons. The maximum atomic E-state index is 13.0. The van der Waals surface area contributed by atoms with E-state index in [-0.39, 0.29) is 5.91 Å². The van der Waals surface area contributed by atoms with E-state index in [1.807, 2.05) is 47.9 Å². The van der Waals surface area contributed by atoms with E-state index >= 15 is 0 Å². The van der Waals surface area contributed by atoms with Crippen molar-refractivity contribution in [1.82, 2.24) is 14.8 Å². The van der Waals surface area contributed by atoms with Crippen molar-refractivity contribution >= 4 is 40.2 Å². The summed E-state index contributed by atoms with van der Waals surface area (Å²) in [5.74, 6) is 1.24. The highest BCUT2D eigenvalue weighted by atomic mass is 35.5. The van der Waals surface area contributed by atoms with E-state index in [0.29, 0.717) is 5.02 Å². The molecule has 6 heteroatoms. The maximum Gasteiger partial charge on any atom is 0.254 e. The molecule has 2 heterocycles. The fraction of sp³-hybridized carbons (Fsp3) is 0.444. The van der Waals surface area contributed by atoms with E-state index < -0.39 is 0 Å². The van der Waals surface area contributed by atoms with Gasteiger partial charge in [-0.25, -0.2) is 0 Å². The predicted molar refractivity (Wildman–Crippen MR) is 102 cm³/mol. The van der Waals surface area contributed by atoms with Gasteiger partial charge in [-0.1, -0.05) is 17.7 Å². The Balaban J connectivity index is 1.80. The normalized spacial score (nSPS) is 15.9. The van der Waals surface area contributed by atoms with Crippen LogP contribution in [0.15, 0.2) is 24.3 Å². The highest BCUT2D eigenvalue weighted by Crippen LogP contribution is 2.23. The lowest BCUT2D eigenvalue weighted by Crippen LogP contribution is -2.49. The average molecular weight is 364 g/mol. The van der Waals surface area contributed by atoms with Crippen molar-refractivity contribution in [3.05, 3.63) is 40.5 Å². The van der Waals surface area contributed by atoms with Gasteiger partial charge in [-0.05, 0) is 31.4 Å². The van der Waals surface area contributed by atoms with Crippen molar-refractivity contribution in [3.63, 3.8) is 0 Å². The molecule has 1 aromatic carbocycles. The Bertz CT molecular complexity index is 739. The number of rotatable bonds is 4. The molecule has 0 spiro atoms. The minimum absolute atomic E-state index is 0.0948. The number of amides is 1. The van der Waals surface area contributed by atoms with Crippen LogP contribution in [0.5, 0.6) is 0 Å². The zero-order valence-electron chi connectivity index (χ0n) is 14.1. The van der Waals surface area contributed by atoms with Gasteiger partial charge in [0.1, 0.15) is 0 Å². The Morgan fingerprint density at radius 2 is 2.00 bits per heavy atom. The second kappa shape index (κ2) is 7.72. The van der Waals surface area contributed by atoms with Crippen molar-refractivity contribution < 1.29 is 4.79 Å². The number of aryl methyl sites for hydroxylation is 1. The van der Waals surface area contributed by atoms with Crippen molar-refractivity contribution in [2.45, 2.75) is 6.92 Å². The van der Waals surface area contributed by atoms with Crippen molar-refractivity contribution in [1.29, 1.82) is 0 Å². The number of aromatic nitrogens is 1. The number of fused-ring (bicyclic) bond motifs is 1. The molecule has 0 radical (unpaired) electrons. The third kappa shape index (κ3) is 3.85. The van der Waals surface area contributed by atoms with Crippen molar-refractivity contribution in [2.24, 2.45) is 0 Å². The van der Waals surface area contributed by atoms with Crippen LogP contribution >= 0.6 is 23.4 Å². The summed E-state index contributed by atoms with van der Waals surface area (Å²) in [5, 5.41) is 1.52. The molecule has 0 aliphatic carbocycles. The van der Waals surface area contributed by atoms with Gasteiger partial charge in [0.15, 0.2) is 0 Å². The third-order valence-electron chi connectivity index (χ3n) is 4.40. The smallest absolute Gasteiger partial charge is 0.254 e. The predicted octanol–water partition coefficient (Wildman–Crippen LogP) is 3.32. The molecular formula is C18H22ClN3OS. The van der Waals surface area contributed by atoms with Crippen molar-refractivity contribution in [2.75, 3.05) is 44.7 Å². The number of pyridine rings is 1. The molecule has 1 saturated heterocycles. The summed E-state index contributed by atoms with van der Waals surface area (Å²) < 4.78 is 0. The van der Waals surface area contributed by atoms with Crippen LogP contribution in [0.4, 0.5) is 0 Å². The van der Waals surface area contributed by atoms with Crippen LogP contribution in [0, 0.1) is 6.92 Å². The monoisotopic (exact) mass is 363 g/mol. The standard InChI is InChI=1S/C18H22ClN3OS/c1-13-11-16(15-4-3-14(19)12-17(15)20-13)18(23)22-7-5-21(6-8-22)9-10-24-2/h3-4,11-12H,5-10H2,1-2H3. The Kier molecular flexibility index (Phi) is 5.64. The first-order valence-corrected chi connectivity index (χ1v) is 9.93. The number of hydrogen-bond acceptors (Lipinski definition) is 4. The molecule has 0 bridgehead atoms.